The summed E-state index contributed by atoms with van der Waals surface area (Å²) in [4.78, 5) is 4.27. The summed E-state index contributed by atoms with van der Waals surface area (Å²) in [5.74, 6) is 0.474. The van der Waals surface area contributed by atoms with E-state index in [0.29, 0.717) is 17.0 Å². The summed E-state index contributed by atoms with van der Waals surface area (Å²) in [5.41, 5.74) is 1.72. The summed E-state index contributed by atoms with van der Waals surface area (Å²) < 4.78 is 32.7. The molecule has 0 atom stereocenters. The first-order chi connectivity index (χ1) is 11.1. The van der Waals surface area contributed by atoms with E-state index in [4.69, 9.17) is 4.74 Å². The van der Waals surface area contributed by atoms with Crippen LogP contribution in [0.2, 0.25) is 0 Å². The Labute approximate surface area is 135 Å². The molecule has 0 unspecified atom stereocenters. The SMILES string of the molecule is COc1cc(NS(=O)(=O)Cc2ccccc2)c2ncccc2c1. The van der Waals surface area contributed by atoms with Crippen molar-refractivity contribution in [1.82, 2.24) is 4.98 Å². The second-order valence-electron chi connectivity index (χ2n) is 5.10. The molecule has 0 aliphatic carbocycles. The predicted molar refractivity (Wildman–Crippen MR) is 91.0 cm³/mol. The molecule has 0 aliphatic heterocycles. The molecule has 118 valence electrons. The second-order valence-corrected chi connectivity index (χ2v) is 6.82. The molecule has 0 saturated heterocycles. The topological polar surface area (TPSA) is 68.3 Å². The molecule has 5 nitrogen and oxygen atoms in total. The van der Waals surface area contributed by atoms with Crippen LogP contribution in [0.1, 0.15) is 5.56 Å². The van der Waals surface area contributed by atoms with Gasteiger partial charge in [-0.25, -0.2) is 8.42 Å². The maximum absolute atomic E-state index is 12.4. The average Bonchev–Trinajstić information content (AvgIpc) is 2.54. The molecule has 3 aromatic rings. The van der Waals surface area contributed by atoms with Crippen LogP contribution >= 0.6 is 0 Å². The first kappa shape index (κ1) is 15.3. The van der Waals surface area contributed by atoms with Crippen LogP contribution in [-0.2, 0) is 15.8 Å². The average molecular weight is 328 g/mol. The number of nitrogens with one attached hydrogen (secondary N) is 1. The molecule has 0 spiro atoms. The highest BCUT2D eigenvalue weighted by Gasteiger charge is 2.15. The fraction of sp³-hybridized carbons (Fsp3) is 0.118. The van der Waals surface area contributed by atoms with Gasteiger partial charge < -0.3 is 4.74 Å². The molecule has 0 bridgehead atoms. The van der Waals surface area contributed by atoms with Gasteiger partial charge in [-0.3, -0.25) is 9.71 Å². The maximum Gasteiger partial charge on any atom is 0.236 e. The summed E-state index contributed by atoms with van der Waals surface area (Å²) in [5, 5.41) is 0.810. The van der Waals surface area contributed by atoms with Crippen LogP contribution in [-0.4, -0.2) is 20.5 Å². The van der Waals surface area contributed by atoms with Gasteiger partial charge in [-0.05, 0) is 17.7 Å². The van der Waals surface area contributed by atoms with Crippen LogP contribution in [0.4, 0.5) is 5.69 Å². The lowest BCUT2D eigenvalue weighted by Gasteiger charge is -2.12. The Morgan fingerprint density at radius 3 is 2.61 bits per heavy atom. The fourth-order valence-corrected chi connectivity index (χ4v) is 3.55. The van der Waals surface area contributed by atoms with Crippen molar-refractivity contribution in [2.45, 2.75) is 5.75 Å². The van der Waals surface area contributed by atoms with Gasteiger partial charge >= 0.3 is 0 Å². The monoisotopic (exact) mass is 328 g/mol. The second kappa shape index (κ2) is 6.26. The highest BCUT2D eigenvalue weighted by atomic mass is 32.2. The standard InChI is InChI=1S/C17H16N2O3S/c1-22-15-10-14-8-5-9-18-17(14)16(11-15)19-23(20,21)12-13-6-3-2-4-7-13/h2-11,19H,12H2,1H3. The van der Waals surface area contributed by atoms with Crippen molar-refractivity contribution in [3.05, 3.63) is 66.4 Å². The molecule has 0 amide bonds. The largest absolute Gasteiger partial charge is 0.497 e. The highest BCUT2D eigenvalue weighted by molar-refractivity contribution is 7.91. The number of hydrogen-bond acceptors (Lipinski definition) is 4. The Bertz CT molecular complexity index is 925. The summed E-state index contributed by atoms with van der Waals surface area (Å²) >= 11 is 0. The Kier molecular flexibility index (Phi) is 4.16. The van der Waals surface area contributed by atoms with Gasteiger partial charge in [0.2, 0.25) is 10.0 Å². The number of nitrogens with zero attached hydrogens (tertiary/aromatic N) is 1. The molecule has 0 aliphatic rings. The highest BCUT2D eigenvalue weighted by Crippen LogP contribution is 2.28. The number of hydrogen-bond donors (Lipinski definition) is 1. The van der Waals surface area contributed by atoms with E-state index in [-0.39, 0.29) is 5.75 Å². The summed E-state index contributed by atoms with van der Waals surface area (Å²) in [7, 11) is -2.01. The quantitative estimate of drug-likeness (QED) is 0.781. The van der Waals surface area contributed by atoms with E-state index < -0.39 is 10.0 Å². The molecule has 0 saturated carbocycles. The van der Waals surface area contributed by atoms with E-state index in [9.17, 15) is 8.42 Å². The van der Waals surface area contributed by atoms with E-state index >= 15 is 0 Å². The first-order valence-corrected chi connectivity index (χ1v) is 8.70. The van der Waals surface area contributed by atoms with Crippen molar-refractivity contribution < 1.29 is 13.2 Å². The van der Waals surface area contributed by atoms with Crippen LogP contribution in [0.15, 0.2) is 60.8 Å². The number of aromatic nitrogens is 1. The third kappa shape index (κ3) is 3.60. The number of fused-ring (bicyclic) bond motifs is 1. The Morgan fingerprint density at radius 1 is 1.09 bits per heavy atom. The molecular formula is C17H16N2O3S. The number of ether oxygens (including phenoxy) is 1. The lowest BCUT2D eigenvalue weighted by atomic mass is 10.2. The van der Waals surface area contributed by atoms with Crippen molar-refractivity contribution in [2.75, 3.05) is 11.8 Å². The molecular weight excluding hydrogens is 312 g/mol. The molecule has 0 fully saturated rings. The zero-order valence-corrected chi connectivity index (χ0v) is 13.4. The summed E-state index contributed by atoms with van der Waals surface area (Å²) in [6.45, 7) is 0. The lowest BCUT2D eigenvalue weighted by Crippen LogP contribution is -2.15. The first-order valence-electron chi connectivity index (χ1n) is 7.04. The predicted octanol–water partition coefficient (Wildman–Crippen LogP) is 3.19. The minimum Gasteiger partial charge on any atom is -0.497 e. The Hall–Kier alpha value is -2.60. The van der Waals surface area contributed by atoms with Gasteiger partial charge in [0.25, 0.3) is 0 Å². The number of anilines is 1. The van der Waals surface area contributed by atoms with E-state index in [1.54, 1.807) is 37.6 Å². The molecule has 1 heterocycles. The van der Waals surface area contributed by atoms with Crippen LogP contribution in [0.5, 0.6) is 5.75 Å². The third-order valence-electron chi connectivity index (χ3n) is 3.38. The Balaban J connectivity index is 1.97. The van der Waals surface area contributed by atoms with E-state index in [1.807, 2.05) is 30.3 Å². The zero-order valence-electron chi connectivity index (χ0n) is 12.6. The van der Waals surface area contributed by atoms with Crippen molar-refractivity contribution in [3.8, 4) is 5.75 Å². The molecule has 1 N–H and O–H groups in total. The fourth-order valence-electron chi connectivity index (χ4n) is 2.36. The van der Waals surface area contributed by atoms with Crippen LogP contribution in [0.25, 0.3) is 10.9 Å². The smallest absolute Gasteiger partial charge is 0.236 e. The van der Waals surface area contributed by atoms with E-state index in [2.05, 4.69) is 9.71 Å². The number of methoxy groups -OCH3 is 1. The number of sulfonamides is 1. The molecule has 1 aromatic heterocycles. The number of rotatable bonds is 5. The van der Waals surface area contributed by atoms with Gasteiger partial charge in [-0.2, -0.15) is 0 Å². The maximum atomic E-state index is 12.4. The van der Waals surface area contributed by atoms with Crippen LogP contribution in [0, 0.1) is 0 Å². The van der Waals surface area contributed by atoms with Crippen molar-refractivity contribution in [2.24, 2.45) is 0 Å². The molecule has 2 aromatic carbocycles. The van der Waals surface area contributed by atoms with Gasteiger partial charge in [-0.15, -0.1) is 0 Å². The summed E-state index contributed by atoms with van der Waals surface area (Å²) in [6.07, 6.45) is 1.63. The number of benzene rings is 2. The van der Waals surface area contributed by atoms with Gasteiger partial charge in [0, 0.05) is 17.6 Å². The van der Waals surface area contributed by atoms with E-state index in [1.165, 1.54) is 0 Å². The Morgan fingerprint density at radius 2 is 1.87 bits per heavy atom. The van der Waals surface area contributed by atoms with Gasteiger partial charge in [0.1, 0.15) is 5.75 Å². The molecule has 23 heavy (non-hydrogen) atoms. The van der Waals surface area contributed by atoms with Gasteiger partial charge in [0.15, 0.2) is 0 Å². The normalized spacial score (nSPS) is 11.3. The molecule has 3 rings (SSSR count). The zero-order chi connectivity index (χ0) is 16.3. The van der Waals surface area contributed by atoms with Gasteiger partial charge in [0.05, 0.1) is 24.1 Å². The van der Waals surface area contributed by atoms with Crippen molar-refractivity contribution >= 4 is 26.6 Å². The van der Waals surface area contributed by atoms with Crippen LogP contribution in [0.3, 0.4) is 0 Å². The minimum atomic E-state index is -3.55. The van der Waals surface area contributed by atoms with E-state index in [0.717, 1.165) is 10.9 Å². The van der Waals surface area contributed by atoms with Crippen molar-refractivity contribution in [3.63, 3.8) is 0 Å². The van der Waals surface area contributed by atoms with Gasteiger partial charge in [-0.1, -0.05) is 36.4 Å². The molecule has 0 radical (unpaired) electrons. The van der Waals surface area contributed by atoms with Crippen molar-refractivity contribution in [1.29, 1.82) is 0 Å². The minimum absolute atomic E-state index is 0.0978. The number of pyridine rings is 1. The lowest BCUT2D eigenvalue weighted by molar-refractivity contribution is 0.415. The summed E-state index contributed by atoms with van der Waals surface area (Å²) in [6, 6.07) is 16.1. The third-order valence-corrected chi connectivity index (χ3v) is 4.62. The molecule has 6 heteroatoms. The van der Waals surface area contributed by atoms with Crippen LogP contribution < -0.4 is 9.46 Å².